The summed E-state index contributed by atoms with van der Waals surface area (Å²) in [5.74, 6) is 1.04. The van der Waals surface area contributed by atoms with Crippen molar-refractivity contribution in [2.24, 2.45) is 0 Å². The van der Waals surface area contributed by atoms with Gasteiger partial charge in [0.2, 0.25) is 0 Å². The summed E-state index contributed by atoms with van der Waals surface area (Å²) in [7, 11) is 0. The number of hydrogen-bond acceptors (Lipinski definition) is 2. The number of nitrogens with one attached hydrogen (secondary N) is 1. The maximum absolute atomic E-state index is 11.9. The SMILES string of the molecule is Cc1ccc(OCC(=O)Nc2ccc(C(C)C)cc2)cc1C. The first-order chi connectivity index (χ1) is 10.5. The Hall–Kier alpha value is -2.29. The molecular formula is C19H23NO2. The van der Waals surface area contributed by atoms with E-state index in [1.807, 2.05) is 56.3 Å². The zero-order valence-electron chi connectivity index (χ0n) is 13.6. The fraction of sp³-hybridized carbons (Fsp3) is 0.316. The Morgan fingerprint density at radius 1 is 1.05 bits per heavy atom. The average molecular weight is 297 g/mol. The van der Waals surface area contributed by atoms with Gasteiger partial charge in [-0.25, -0.2) is 0 Å². The molecule has 2 aromatic carbocycles. The Kier molecular flexibility index (Phi) is 5.21. The minimum Gasteiger partial charge on any atom is -0.484 e. The van der Waals surface area contributed by atoms with Crippen molar-refractivity contribution in [2.45, 2.75) is 33.6 Å². The molecule has 0 aliphatic rings. The molecule has 0 aromatic heterocycles. The van der Waals surface area contributed by atoms with E-state index in [4.69, 9.17) is 4.74 Å². The van der Waals surface area contributed by atoms with Gasteiger partial charge in [0, 0.05) is 5.69 Å². The van der Waals surface area contributed by atoms with E-state index < -0.39 is 0 Å². The Labute approximate surface area is 132 Å². The van der Waals surface area contributed by atoms with Gasteiger partial charge >= 0.3 is 0 Å². The van der Waals surface area contributed by atoms with E-state index in [0.29, 0.717) is 11.7 Å². The van der Waals surface area contributed by atoms with Gasteiger partial charge in [-0.15, -0.1) is 0 Å². The lowest BCUT2D eigenvalue weighted by molar-refractivity contribution is -0.118. The third-order valence-corrected chi connectivity index (χ3v) is 3.71. The van der Waals surface area contributed by atoms with E-state index in [2.05, 4.69) is 19.2 Å². The minimum atomic E-state index is -0.157. The van der Waals surface area contributed by atoms with E-state index in [0.717, 1.165) is 11.3 Å². The normalized spacial score (nSPS) is 10.6. The molecule has 2 rings (SSSR count). The van der Waals surface area contributed by atoms with Gasteiger partial charge in [-0.2, -0.15) is 0 Å². The van der Waals surface area contributed by atoms with Crippen molar-refractivity contribution < 1.29 is 9.53 Å². The number of anilines is 1. The molecule has 0 aliphatic carbocycles. The van der Waals surface area contributed by atoms with Crippen LogP contribution in [0.4, 0.5) is 5.69 Å². The van der Waals surface area contributed by atoms with Crippen LogP contribution >= 0.6 is 0 Å². The predicted octanol–water partition coefficient (Wildman–Crippen LogP) is 4.44. The van der Waals surface area contributed by atoms with Crippen molar-refractivity contribution in [3.63, 3.8) is 0 Å². The van der Waals surface area contributed by atoms with Crippen LogP contribution in [0.5, 0.6) is 5.75 Å². The van der Waals surface area contributed by atoms with Gasteiger partial charge in [0.25, 0.3) is 5.91 Å². The molecule has 0 saturated carbocycles. The fourth-order valence-corrected chi connectivity index (χ4v) is 2.10. The monoisotopic (exact) mass is 297 g/mol. The molecule has 116 valence electrons. The highest BCUT2D eigenvalue weighted by Crippen LogP contribution is 2.18. The molecule has 0 saturated heterocycles. The second kappa shape index (κ2) is 7.12. The van der Waals surface area contributed by atoms with Crippen molar-refractivity contribution in [2.75, 3.05) is 11.9 Å². The smallest absolute Gasteiger partial charge is 0.262 e. The number of benzene rings is 2. The summed E-state index contributed by atoms with van der Waals surface area (Å²) in [6.07, 6.45) is 0. The Balaban J connectivity index is 1.88. The summed E-state index contributed by atoms with van der Waals surface area (Å²) < 4.78 is 5.53. The molecule has 0 radical (unpaired) electrons. The highest BCUT2D eigenvalue weighted by atomic mass is 16.5. The highest BCUT2D eigenvalue weighted by Gasteiger charge is 2.05. The van der Waals surface area contributed by atoms with Gasteiger partial charge < -0.3 is 10.1 Å². The van der Waals surface area contributed by atoms with E-state index in [1.54, 1.807) is 0 Å². The number of carbonyl (C=O) groups is 1. The summed E-state index contributed by atoms with van der Waals surface area (Å²) in [6.45, 7) is 8.37. The first kappa shape index (κ1) is 16.1. The molecule has 1 N–H and O–H groups in total. The molecule has 0 atom stereocenters. The fourth-order valence-electron chi connectivity index (χ4n) is 2.10. The van der Waals surface area contributed by atoms with Crippen LogP contribution in [0.3, 0.4) is 0 Å². The molecule has 22 heavy (non-hydrogen) atoms. The Bertz CT molecular complexity index is 645. The van der Waals surface area contributed by atoms with Crippen LogP contribution in [0.15, 0.2) is 42.5 Å². The van der Waals surface area contributed by atoms with Gasteiger partial charge in [-0.05, 0) is 60.7 Å². The second-order valence-electron chi connectivity index (χ2n) is 5.86. The van der Waals surface area contributed by atoms with Crippen LogP contribution < -0.4 is 10.1 Å². The molecule has 1 amide bonds. The number of hydrogen-bond donors (Lipinski definition) is 1. The van der Waals surface area contributed by atoms with E-state index in [1.165, 1.54) is 11.1 Å². The standard InChI is InChI=1S/C19H23NO2/c1-13(2)16-6-8-17(9-7-16)20-19(21)12-22-18-10-5-14(3)15(4)11-18/h5-11,13H,12H2,1-4H3,(H,20,21). The maximum Gasteiger partial charge on any atom is 0.262 e. The summed E-state index contributed by atoms with van der Waals surface area (Å²) in [5, 5.41) is 2.84. The van der Waals surface area contributed by atoms with Gasteiger partial charge in [-0.3, -0.25) is 4.79 Å². The van der Waals surface area contributed by atoms with Crippen LogP contribution in [0.2, 0.25) is 0 Å². The van der Waals surface area contributed by atoms with Gasteiger partial charge in [0.05, 0.1) is 0 Å². The number of ether oxygens (including phenoxy) is 1. The molecular weight excluding hydrogens is 274 g/mol. The number of carbonyl (C=O) groups excluding carboxylic acids is 1. The molecule has 0 aliphatic heterocycles. The predicted molar refractivity (Wildman–Crippen MR) is 90.6 cm³/mol. The van der Waals surface area contributed by atoms with Crippen LogP contribution in [0.25, 0.3) is 0 Å². The third-order valence-electron chi connectivity index (χ3n) is 3.71. The molecule has 2 aromatic rings. The van der Waals surface area contributed by atoms with Crippen LogP contribution in [-0.2, 0) is 4.79 Å². The summed E-state index contributed by atoms with van der Waals surface area (Å²) in [6, 6.07) is 13.7. The summed E-state index contributed by atoms with van der Waals surface area (Å²) in [4.78, 5) is 11.9. The topological polar surface area (TPSA) is 38.3 Å². The first-order valence-electron chi connectivity index (χ1n) is 7.55. The zero-order chi connectivity index (χ0) is 16.1. The lowest BCUT2D eigenvalue weighted by Crippen LogP contribution is -2.20. The molecule has 0 heterocycles. The largest absolute Gasteiger partial charge is 0.484 e. The van der Waals surface area contributed by atoms with Gasteiger partial charge in [0.1, 0.15) is 5.75 Å². The lowest BCUT2D eigenvalue weighted by Gasteiger charge is -2.10. The molecule has 3 heteroatoms. The van der Waals surface area contributed by atoms with Crippen LogP contribution in [0.1, 0.15) is 36.5 Å². The molecule has 0 fully saturated rings. The zero-order valence-corrected chi connectivity index (χ0v) is 13.6. The van der Waals surface area contributed by atoms with Crippen LogP contribution in [0, 0.1) is 13.8 Å². The van der Waals surface area contributed by atoms with Crippen molar-refractivity contribution in [1.82, 2.24) is 0 Å². The minimum absolute atomic E-state index is 0.00837. The summed E-state index contributed by atoms with van der Waals surface area (Å²) in [5.41, 5.74) is 4.41. The maximum atomic E-state index is 11.9. The third kappa shape index (κ3) is 4.35. The quantitative estimate of drug-likeness (QED) is 0.885. The van der Waals surface area contributed by atoms with Crippen molar-refractivity contribution >= 4 is 11.6 Å². The average Bonchev–Trinajstić information content (AvgIpc) is 2.49. The summed E-state index contributed by atoms with van der Waals surface area (Å²) >= 11 is 0. The highest BCUT2D eigenvalue weighted by molar-refractivity contribution is 5.91. The van der Waals surface area contributed by atoms with Gasteiger partial charge in [0.15, 0.2) is 6.61 Å². The van der Waals surface area contributed by atoms with E-state index in [9.17, 15) is 4.79 Å². The second-order valence-corrected chi connectivity index (χ2v) is 5.86. The van der Waals surface area contributed by atoms with Crippen LogP contribution in [-0.4, -0.2) is 12.5 Å². The number of amides is 1. The molecule has 3 nitrogen and oxygen atoms in total. The number of rotatable bonds is 5. The number of aryl methyl sites for hydroxylation is 2. The van der Waals surface area contributed by atoms with Crippen molar-refractivity contribution in [3.05, 3.63) is 59.2 Å². The Morgan fingerprint density at radius 3 is 2.32 bits per heavy atom. The lowest BCUT2D eigenvalue weighted by atomic mass is 10.0. The van der Waals surface area contributed by atoms with Crippen molar-refractivity contribution in [1.29, 1.82) is 0 Å². The van der Waals surface area contributed by atoms with Gasteiger partial charge in [-0.1, -0.05) is 32.0 Å². The Morgan fingerprint density at radius 2 is 1.73 bits per heavy atom. The first-order valence-corrected chi connectivity index (χ1v) is 7.55. The molecule has 0 unspecified atom stereocenters. The van der Waals surface area contributed by atoms with E-state index >= 15 is 0 Å². The molecule has 0 bridgehead atoms. The molecule has 0 spiro atoms. The van der Waals surface area contributed by atoms with Crippen molar-refractivity contribution in [3.8, 4) is 5.75 Å². The van der Waals surface area contributed by atoms with E-state index in [-0.39, 0.29) is 12.5 Å².